The molecular formula is C22H22N2O5S. The third-order valence-electron chi connectivity index (χ3n) is 4.55. The Morgan fingerprint density at radius 1 is 0.900 bits per heavy atom. The van der Waals surface area contributed by atoms with E-state index in [1.165, 1.54) is 37.7 Å². The van der Waals surface area contributed by atoms with Crippen LogP contribution in [0, 0.1) is 0 Å². The largest absolute Gasteiger partial charge is 0.497 e. The molecule has 3 aromatic rings. The van der Waals surface area contributed by atoms with Crippen molar-refractivity contribution >= 4 is 27.3 Å². The maximum Gasteiger partial charge on any atom is 0.264 e. The van der Waals surface area contributed by atoms with Crippen LogP contribution in [0.5, 0.6) is 11.5 Å². The van der Waals surface area contributed by atoms with Crippen molar-refractivity contribution in [3.8, 4) is 11.5 Å². The molecule has 0 bridgehead atoms. The summed E-state index contributed by atoms with van der Waals surface area (Å²) in [5, 5.41) is 2.78. The molecule has 0 aliphatic rings. The Hall–Kier alpha value is -3.52. The first-order chi connectivity index (χ1) is 14.4. The number of methoxy groups -OCH3 is 2. The van der Waals surface area contributed by atoms with Gasteiger partial charge in [0.05, 0.1) is 30.5 Å². The number of ether oxygens (including phenoxy) is 2. The number of benzene rings is 3. The second kappa shape index (κ2) is 8.87. The summed E-state index contributed by atoms with van der Waals surface area (Å²) in [6.45, 7) is 0. The number of hydrogen-bond donors (Lipinski definition) is 1. The van der Waals surface area contributed by atoms with Crippen LogP contribution in [0.25, 0.3) is 0 Å². The van der Waals surface area contributed by atoms with Gasteiger partial charge in [-0.15, -0.1) is 0 Å². The third-order valence-corrected chi connectivity index (χ3v) is 6.35. The number of carbonyl (C=O) groups excluding carboxylic acids is 1. The molecule has 7 nitrogen and oxygen atoms in total. The lowest BCUT2D eigenvalue weighted by molar-refractivity contribution is 0.102. The summed E-state index contributed by atoms with van der Waals surface area (Å²) >= 11 is 0. The van der Waals surface area contributed by atoms with Gasteiger partial charge < -0.3 is 14.8 Å². The number of amides is 1. The zero-order chi connectivity index (χ0) is 21.7. The second-order valence-corrected chi connectivity index (χ2v) is 8.32. The normalized spacial score (nSPS) is 10.9. The molecule has 0 saturated heterocycles. The van der Waals surface area contributed by atoms with E-state index in [9.17, 15) is 13.2 Å². The summed E-state index contributed by atoms with van der Waals surface area (Å²) in [5.41, 5.74) is 1.28. The number of nitrogens with one attached hydrogen (secondary N) is 1. The molecule has 3 rings (SSSR count). The molecule has 8 heteroatoms. The van der Waals surface area contributed by atoms with Crippen molar-refractivity contribution in [1.29, 1.82) is 0 Å². The van der Waals surface area contributed by atoms with E-state index in [0.717, 1.165) is 0 Å². The molecule has 0 spiro atoms. The van der Waals surface area contributed by atoms with E-state index in [0.29, 0.717) is 28.4 Å². The summed E-state index contributed by atoms with van der Waals surface area (Å²) in [7, 11) is 0.826. The molecule has 0 saturated carbocycles. The average Bonchev–Trinajstić information content (AvgIpc) is 2.79. The van der Waals surface area contributed by atoms with Gasteiger partial charge in [0.25, 0.3) is 15.9 Å². The van der Waals surface area contributed by atoms with Gasteiger partial charge in [-0.05, 0) is 48.5 Å². The van der Waals surface area contributed by atoms with Gasteiger partial charge in [-0.2, -0.15) is 0 Å². The fourth-order valence-electron chi connectivity index (χ4n) is 2.82. The number of carbonyl (C=O) groups is 1. The lowest BCUT2D eigenvalue weighted by Gasteiger charge is -2.19. The first kappa shape index (κ1) is 21.2. The molecule has 156 valence electrons. The highest BCUT2D eigenvalue weighted by molar-refractivity contribution is 7.92. The second-order valence-electron chi connectivity index (χ2n) is 6.35. The van der Waals surface area contributed by atoms with E-state index in [-0.39, 0.29) is 10.8 Å². The smallest absolute Gasteiger partial charge is 0.264 e. The first-order valence-corrected chi connectivity index (χ1v) is 10.5. The number of rotatable bonds is 7. The van der Waals surface area contributed by atoms with E-state index in [4.69, 9.17) is 9.47 Å². The van der Waals surface area contributed by atoms with Gasteiger partial charge in [-0.3, -0.25) is 9.10 Å². The Morgan fingerprint density at radius 3 is 2.17 bits per heavy atom. The summed E-state index contributed by atoms with van der Waals surface area (Å²) in [5.74, 6) is 0.713. The summed E-state index contributed by atoms with van der Waals surface area (Å²) in [6.07, 6.45) is 0. The SMILES string of the molecule is COc1ccc(OC)c(NC(=O)c2ccc(N(C)S(=O)(=O)c3ccccc3)cc2)c1. The predicted molar refractivity (Wildman–Crippen MR) is 116 cm³/mol. The Labute approximate surface area is 175 Å². The molecule has 0 aromatic heterocycles. The highest BCUT2D eigenvalue weighted by Gasteiger charge is 2.21. The van der Waals surface area contributed by atoms with Crippen molar-refractivity contribution in [2.24, 2.45) is 0 Å². The monoisotopic (exact) mass is 426 g/mol. The summed E-state index contributed by atoms with van der Waals surface area (Å²) < 4.78 is 37.1. The van der Waals surface area contributed by atoms with Gasteiger partial charge in [0.1, 0.15) is 11.5 Å². The highest BCUT2D eigenvalue weighted by Crippen LogP contribution is 2.29. The minimum atomic E-state index is -3.69. The van der Waals surface area contributed by atoms with Crippen LogP contribution in [0.2, 0.25) is 0 Å². The first-order valence-electron chi connectivity index (χ1n) is 9.04. The van der Waals surface area contributed by atoms with Gasteiger partial charge in [0.2, 0.25) is 0 Å². The quantitative estimate of drug-likeness (QED) is 0.621. The van der Waals surface area contributed by atoms with E-state index in [1.54, 1.807) is 60.7 Å². The molecular weight excluding hydrogens is 404 g/mol. The van der Waals surface area contributed by atoms with Crippen molar-refractivity contribution in [2.75, 3.05) is 30.9 Å². The number of nitrogens with zero attached hydrogens (tertiary/aromatic N) is 1. The molecule has 0 heterocycles. The van der Waals surface area contributed by atoms with Crippen LogP contribution in [0.15, 0.2) is 77.7 Å². The Kier molecular flexibility index (Phi) is 6.27. The molecule has 0 fully saturated rings. The topological polar surface area (TPSA) is 84.9 Å². The number of hydrogen-bond acceptors (Lipinski definition) is 5. The summed E-state index contributed by atoms with van der Waals surface area (Å²) in [4.78, 5) is 12.8. The Morgan fingerprint density at radius 2 is 1.57 bits per heavy atom. The van der Waals surface area contributed by atoms with Crippen molar-refractivity contribution in [1.82, 2.24) is 0 Å². The van der Waals surface area contributed by atoms with Crippen LogP contribution < -0.4 is 19.1 Å². The van der Waals surface area contributed by atoms with Crippen LogP contribution in [0.3, 0.4) is 0 Å². The number of anilines is 2. The molecule has 1 N–H and O–H groups in total. The van der Waals surface area contributed by atoms with E-state index in [2.05, 4.69) is 5.32 Å². The standard InChI is InChI=1S/C22H22N2O5S/c1-24(30(26,27)19-7-5-4-6-8-19)17-11-9-16(10-12-17)22(25)23-20-15-18(28-2)13-14-21(20)29-3/h4-15H,1-3H3,(H,23,25). The fraction of sp³-hybridized carbons (Fsp3) is 0.136. The molecule has 3 aromatic carbocycles. The van der Waals surface area contributed by atoms with Gasteiger partial charge in [-0.25, -0.2) is 8.42 Å². The van der Waals surface area contributed by atoms with Crippen molar-refractivity contribution in [2.45, 2.75) is 4.90 Å². The van der Waals surface area contributed by atoms with Crippen LogP contribution in [-0.2, 0) is 10.0 Å². The minimum Gasteiger partial charge on any atom is -0.497 e. The fourth-order valence-corrected chi connectivity index (χ4v) is 4.03. The third kappa shape index (κ3) is 4.38. The molecule has 0 unspecified atom stereocenters. The van der Waals surface area contributed by atoms with Crippen molar-refractivity contribution < 1.29 is 22.7 Å². The predicted octanol–water partition coefficient (Wildman–Crippen LogP) is 3.78. The van der Waals surface area contributed by atoms with Crippen molar-refractivity contribution in [3.05, 3.63) is 78.4 Å². The molecule has 0 aliphatic carbocycles. The molecule has 0 atom stereocenters. The maximum absolute atomic E-state index is 12.7. The summed E-state index contributed by atoms with van der Waals surface area (Å²) in [6, 6.07) is 19.5. The molecule has 30 heavy (non-hydrogen) atoms. The van der Waals surface area contributed by atoms with E-state index in [1.807, 2.05) is 0 Å². The van der Waals surface area contributed by atoms with Gasteiger partial charge >= 0.3 is 0 Å². The molecule has 1 amide bonds. The average molecular weight is 426 g/mol. The van der Waals surface area contributed by atoms with Crippen LogP contribution >= 0.6 is 0 Å². The van der Waals surface area contributed by atoms with Crippen molar-refractivity contribution in [3.63, 3.8) is 0 Å². The van der Waals surface area contributed by atoms with Gasteiger partial charge in [0.15, 0.2) is 0 Å². The zero-order valence-electron chi connectivity index (χ0n) is 16.8. The van der Waals surface area contributed by atoms with Crippen LogP contribution in [0.1, 0.15) is 10.4 Å². The van der Waals surface area contributed by atoms with Gasteiger partial charge in [-0.1, -0.05) is 18.2 Å². The molecule has 0 aliphatic heterocycles. The lowest BCUT2D eigenvalue weighted by Crippen LogP contribution is -2.26. The maximum atomic E-state index is 12.7. The van der Waals surface area contributed by atoms with E-state index < -0.39 is 10.0 Å². The number of sulfonamides is 1. The van der Waals surface area contributed by atoms with Gasteiger partial charge in [0, 0.05) is 18.7 Å². The van der Waals surface area contributed by atoms with E-state index >= 15 is 0 Å². The Balaban J connectivity index is 1.80. The van der Waals surface area contributed by atoms with Crippen LogP contribution in [-0.4, -0.2) is 35.6 Å². The lowest BCUT2D eigenvalue weighted by atomic mass is 10.2. The minimum absolute atomic E-state index is 0.194. The van der Waals surface area contributed by atoms with Crippen LogP contribution in [0.4, 0.5) is 11.4 Å². The zero-order valence-corrected chi connectivity index (χ0v) is 17.6. The highest BCUT2D eigenvalue weighted by atomic mass is 32.2. The molecule has 0 radical (unpaired) electrons. The Bertz CT molecular complexity index is 1130.